The molecule has 0 aromatic carbocycles. The first-order valence-electron chi connectivity index (χ1n) is 7.95. The number of rotatable bonds is 3. The fourth-order valence-corrected chi connectivity index (χ4v) is 6.68. The second kappa shape index (κ2) is 3.65. The summed E-state index contributed by atoms with van der Waals surface area (Å²) < 4.78 is 0. The molecule has 19 heavy (non-hydrogen) atoms. The third-order valence-electron chi connectivity index (χ3n) is 6.80. The van der Waals surface area contributed by atoms with Gasteiger partial charge >= 0.3 is 5.97 Å². The highest BCUT2D eigenvalue weighted by atomic mass is 16.4. The Morgan fingerprint density at radius 1 is 1.32 bits per heavy atom. The van der Waals surface area contributed by atoms with E-state index in [0.29, 0.717) is 29.1 Å². The fourth-order valence-electron chi connectivity index (χ4n) is 6.68. The van der Waals surface area contributed by atoms with Crippen molar-refractivity contribution in [1.29, 1.82) is 0 Å². The number of hydrogen-bond donors (Lipinski definition) is 1. The van der Waals surface area contributed by atoms with Gasteiger partial charge in [0.15, 0.2) is 0 Å². The van der Waals surface area contributed by atoms with E-state index in [1.165, 1.54) is 19.3 Å². The second-order valence-corrected chi connectivity index (χ2v) is 7.90. The molecule has 0 aromatic rings. The molecule has 0 aliphatic heterocycles. The summed E-state index contributed by atoms with van der Waals surface area (Å²) in [5.74, 6) is 3.46. The average molecular weight is 260 g/mol. The van der Waals surface area contributed by atoms with E-state index in [9.17, 15) is 9.90 Å². The lowest BCUT2D eigenvalue weighted by Crippen LogP contribution is -2.44. The van der Waals surface area contributed by atoms with Crippen LogP contribution in [0.3, 0.4) is 0 Å². The van der Waals surface area contributed by atoms with E-state index in [0.717, 1.165) is 18.3 Å². The Labute approximate surface area is 115 Å². The Balaban J connectivity index is 1.74. The molecule has 3 fully saturated rings. The minimum atomic E-state index is -0.530. The summed E-state index contributed by atoms with van der Waals surface area (Å²) in [6.07, 6.45) is 9.67. The third-order valence-corrected chi connectivity index (χ3v) is 6.80. The van der Waals surface area contributed by atoms with Crippen LogP contribution in [0.25, 0.3) is 0 Å². The van der Waals surface area contributed by atoms with Gasteiger partial charge in [-0.25, -0.2) is 0 Å². The van der Waals surface area contributed by atoms with Crippen LogP contribution in [0, 0.1) is 46.8 Å². The van der Waals surface area contributed by atoms with Gasteiger partial charge in [0.05, 0.1) is 5.92 Å². The number of carboxylic acids is 1. The molecule has 7 unspecified atom stereocenters. The summed E-state index contributed by atoms with van der Waals surface area (Å²) in [7, 11) is 0. The Morgan fingerprint density at radius 2 is 2.11 bits per heavy atom. The quantitative estimate of drug-likeness (QED) is 0.622. The first kappa shape index (κ1) is 12.0. The zero-order valence-electron chi connectivity index (χ0n) is 11.9. The molecule has 0 spiro atoms. The summed E-state index contributed by atoms with van der Waals surface area (Å²) in [6, 6.07) is 0. The number of hydrogen-bond acceptors (Lipinski definition) is 1. The molecule has 4 aliphatic carbocycles. The smallest absolute Gasteiger partial charge is 0.306 e. The molecule has 3 saturated carbocycles. The number of allylic oxidation sites excluding steroid dienone is 2. The van der Waals surface area contributed by atoms with Crippen LogP contribution >= 0.6 is 0 Å². The lowest BCUT2D eigenvalue weighted by atomic mass is 9.56. The lowest BCUT2D eigenvalue weighted by Gasteiger charge is -2.48. The van der Waals surface area contributed by atoms with E-state index < -0.39 is 5.97 Å². The van der Waals surface area contributed by atoms with E-state index in [-0.39, 0.29) is 5.92 Å². The minimum Gasteiger partial charge on any atom is -0.481 e. The molecule has 0 heterocycles. The topological polar surface area (TPSA) is 37.3 Å². The molecular weight excluding hydrogens is 236 g/mol. The molecule has 7 atom stereocenters. The summed E-state index contributed by atoms with van der Waals surface area (Å²) in [4.78, 5) is 11.5. The highest BCUT2D eigenvalue weighted by Crippen LogP contribution is 2.75. The third kappa shape index (κ3) is 1.31. The molecule has 0 radical (unpaired) electrons. The van der Waals surface area contributed by atoms with E-state index in [2.05, 4.69) is 26.0 Å². The van der Waals surface area contributed by atoms with Gasteiger partial charge in [0.25, 0.3) is 0 Å². The van der Waals surface area contributed by atoms with Crippen molar-refractivity contribution in [2.45, 2.75) is 39.5 Å². The molecule has 0 saturated heterocycles. The normalized spacial score (nSPS) is 53.2. The number of carbonyl (C=O) groups is 1. The first-order valence-corrected chi connectivity index (χ1v) is 7.95. The van der Waals surface area contributed by atoms with E-state index in [4.69, 9.17) is 0 Å². The number of carboxylic acid groups (broad SMARTS) is 1. The molecule has 2 heteroatoms. The molecule has 4 bridgehead atoms. The Bertz CT molecular complexity index is 452. The Hall–Kier alpha value is -0.790. The molecule has 104 valence electrons. The molecular formula is C17H24O2. The van der Waals surface area contributed by atoms with Gasteiger partial charge in [-0.15, -0.1) is 0 Å². The van der Waals surface area contributed by atoms with Crippen LogP contribution in [0.15, 0.2) is 12.2 Å². The van der Waals surface area contributed by atoms with Crippen LogP contribution in [0.2, 0.25) is 0 Å². The SMILES string of the molecule is CC(C)CC12C3C=CC(C3)C1C1CC2CC1C(=O)O. The van der Waals surface area contributed by atoms with E-state index in [1.54, 1.807) is 0 Å². The van der Waals surface area contributed by atoms with Crippen molar-refractivity contribution in [1.82, 2.24) is 0 Å². The number of fused-ring (bicyclic) bond motifs is 9. The van der Waals surface area contributed by atoms with Gasteiger partial charge in [-0.3, -0.25) is 4.79 Å². The first-order chi connectivity index (χ1) is 9.04. The Kier molecular flexibility index (Phi) is 2.30. The van der Waals surface area contributed by atoms with Crippen LogP contribution in [0.4, 0.5) is 0 Å². The van der Waals surface area contributed by atoms with E-state index >= 15 is 0 Å². The van der Waals surface area contributed by atoms with Crippen LogP contribution in [0.5, 0.6) is 0 Å². The summed E-state index contributed by atoms with van der Waals surface area (Å²) >= 11 is 0. The van der Waals surface area contributed by atoms with Crippen LogP contribution in [-0.2, 0) is 4.79 Å². The highest BCUT2D eigenvalue weighted by Gasteiger charge is 2.70. The van der Waals surface area contributed by atoms with Crippen molar-refractivity contribution in [2.75, 3.05) is 0 Å². The molecule has 0 amide bonds. The highest BCUT2D eigenvalue weighted by molar-refractivity contribution is 5.71. The second-order valence-electron chi connectivity index (χ2n) is 7.90. The van der Waals surface area contributed by atoms with Gasteiger partial charge in [-0.1, -0.05) is 26.0 Å². The summed E-state index contributed by atoms with van der Waals surface area (Å²) in [5, 5.41) is 9.47. The maximum atomic E-state index is 11.5. The minimum absolute atomic E-state index is 0.0389. The predicted octanol–water partition coefficient (Wildman–Crippen LogP) is 3.58. The van der Waals surface area contributed by atoms with Crippen LogP contribution in [-0.4, -0.2) is 11.1 Å². The predicted molar refractivity (Wildman–Crippen MR) is 73.5 cm³/mol. The molecule has 1 N–H and O–H groups in total. The molecule has 4 aliphatic rings. The zero-order chi connectivity index (χ0) is 13.4. The van der Waals surface area contributed by atoms with Crippen molar-refractivity contribution >= 4 is 5.97 Å². The summed E-state index contributed by atoms with van der Waals surface area (Å²) in [5.41, 5.74) is 0.476. The van der Waals surface area contributed by atoms with Gasteiger partial charge in [0.1, 0.15) is 0 Å². The zero-order valence-corrected chi connectivity index (χ0v) is 11.9. The fraction of sp³-hybridized carbons (Fsp3) is 0.824. The van der Waals surface area contributed by atoms with E-state index in [1.807, 2.05) is 0 Å². The van der Waals surface area contributed by atoms with Gasteiger partial charge in [0.2, 0.25) is 0 Å². The van der Waals surface area contributed by atoms with Crippen molar-refractivity contribution in [3.63, 3.8) is 0 Å². The van der Waals surface area contributed by atoms with Crippen LogP contribution in [0.1, 0.15) is 39.5 Å². The molecule has 4 rings (SSSR count). The lowest BCUT2D eigenvalue weighted by molar-refractivity contribution is -0.146. The maximum Gasteiger partial charge on any atom is 0.306 e. The van der Waals surface area contributed by atoms with Gasteiger partial charge in [-0.2, -0.15) is 0 Å². The van der Waals surface area contributed by atoms with Gasteiger partial charge in [0, 0.05) is 0 Å². The maximum absolute atomic E-state index is 11.5. The van der Waals surface area contributed by atoms with Crippen LogP contribution < -0.4 is 0 Å². The van der Waals surface area contributed by atoms with Crippen molar-refractivity contribution in [3.8, 4) is 0 Å². The average Bonchev–Trinajstić information content (AvgIpc) is 3.04. The van der Waals surface area contributed by atoms with Crippen molar-refractivity contribution in [2.24, 2.45) is 46.8 Å². The Morgan fingerprint density at radius 3 is 2.79 bits per heavy atom. The monoisotopic (exact) mass is 260 g/mol. The standard InChI is InChI=1S/C17H24O2/c1-9(2)8-17-11-4-3-10(5-11)15(17)13-6-12(17)7-14(13)16(18)19/h3-4,9-15H,5-8H2,1-2H3,(H,18,19). The van der Waals surface area contributed by atoms with Crippen molar-refractivity contribution < 1.29 is 9.90 Å². The largest absolute Gasteiger partial charge is 0.481 e. The molecule has 2 nitrogen and oxygen atoms in total. The van der Waals surface area contributed by atoms with Gasteiger partial charge in [-0.05, 0) is 66.6 Å². The van der Waals surface area contributed by atoms with Gasteiger partial charge < -0.3 is 5.11 Å². The summed E-state index contributed by atoms with van der Waals surface area (Å²) in [6.45, 7) is 4.67. The number of aliphatic carboxylic acids is 1. The molecule has 0 aromatic heterocycles. The van der Waals surface area contributed by atoms with Crippen molar-refractivity contribution in [3.05, 3.63) is 12.2 Å².